The molecule has 0 unspecified atom stereocenters. The van der Waals surface area contributed by atoms with E-state index in [4.69, 9.17) is 10.6 Å². The van der Waals surface area contributed by atoms with Crippen LogP contribution in [0.15, 0.2) is 53.5 Å². The number of nitrogens with two attached hydrogens (primary N) is 1. The molecular weight excluding hydrogens is 308 g/mol. The molecule has 0 aliphatic heterocycles. The SMILES string of the molecule is COc1cccnc1-c1nc(N(N)Cc2ccccc2)nc(=O)[nH]1. The van der Waals surface area contributed by atoms with E-state index in [9.17, 15) is 4.79 Å². The van der Waals surface area contributed by atoms with Crippen molar-refractivity contribution >= 4 is 5.95 Å². The molecule has 0 amide bonds. The molecule has 0 bridgehead atoms. The van der Waals surface area contributed by atoms with Crippen molar-refractivity contribution in [2.75, 3.05) is 12.1 Å². The smallest absolute Gasteiger partial charge is 0.349 e. The highest BCUT2D eigenvalue weighted by Crippen LogP contribution is 2.24. The van der Waals surface area contributed by atoms with Crippen molar-refractivity contribution in [3.63, 3.8) is 0 Å². The minimum atomic E-state index is -0.564. The van der Waals surface area contributed by atoms with Crippen molar-refractivity contribution in [2.24, 2.45) is 5.84 Å². The number of anilines is 1. The first-order valence-electron chi connectivity index (χ1n) is 7.21. The number of hydrogen-bond acceptors (Lipinski definition) is 7. The van der Waals surface area contributed by atoms with Crippen molar-refractivity contribution < 1.29 is 4.74 Å². The van der Waals surface area contributed by atoms with Gasteiger partial charge in [-0.1, -0.05) is 30.3 Å². The van der Waals surface area contributed by atoms with Crippen molar-refractivity contribution in [1.29, 1.82) is 0 Å². The minimum Gasteiger partial charge on any atom is -0.494 e. The van der Waals surface area contributed by atoms with Crippen LogP contribution in [0.2, 0.25) is 0 Å². The number of aromatic nitrogens is 4. The first-order valence-corrected chi connectivity index (χ1v) is 7.21. The maximum absolute atomic E-state index is 11.9. The molecule has 2 heterocycles. The fourth-order valence-electron chi connectivity index (χ4n) is 2.20. The van der Waals surface area contributed by atoms with Crippen LogP contribution in [0.25, 0.3) is 11.5 Å². The fraction of sp³-hybridized carbons (Fsp3) is 0.125. The van der Waals surface area contributed by atoms with Crippen molar-refractivity contribution in [3.05, 3.63) is 64.7 Å². The normalized spacial score (nSPS) is 10.4. The number of nitrogens with one attached hydrogen (secondary N) is 1. The molecule has 0 aliphatic rings. The highest BCUT2D eigenvalue weighted by molar-refractivity contribution is 5.59. The molecular formula is C16H16N6O2. The summed E-state index contributed by atoms with van der Waals surface area (Å²) in [4.78, 5) is 26.8. The number of aromatic amines is 1. The van der Waals surface area contributed by atoms with E-state index in [1.165, 1.54) is 12.1 Å². The van der Waals surface area contributed by atoms with Crippen LogP contribution >= 0.6 is 0 Å². The average Bonchev–Trinajstić information content (AvgIpc) is 2.62. The van der Waals surface area contributed by atoms with Crippen LogP contribution in [0.3, 0.4) is 0 Å². The summed E-state index contributed by atoms with van der Waals surface area (Å²) in [7, 11) is 1.52. The number of nitrogens with zero attached hydrogens (tertiary/aromatic N) is 4. The summed E-state index contributed by atoms with van der Waals surface area (Å²) in [5.74, 6) is 6.85. The molecule has 0 fully saturated rings. The zero-order valence-electron chi connectivity index (χ0n) is 13.0. The van der Waals surface area contributed by atoms with Gasteiger partial charge >= 0.3 is 5.69 Å². The first-order chi connectivity index (χ1) is 11.7. The Morgan fingerprint density at radius 1 is 1.17 bits per heavy atom. The van der Waals surface area contributed by atoms with E-state index in [-0.39, 0.29) is 11.8 Å². The molecule has 0 radical (unpaired) electrons. The molecule has 3 N–H and O–H groups in total. The number of benzene rings is 1. The number of pyridine rings is 1. The van der Waals surface area contributed by atoms with Gasteiger partial charge in [-0.2, -0.15) is 9.97 Å². The van der Waals surface area contributed by atoms with Gasteiger partial charge in [0.25, 0.3) is 0 Å². The van der Waals surface area contributed by atoms with Gasteiger partial charge in [-0.15, -0.1) is 0 Å². The second kappa shape index (κ2) is 6.88. The highest BCUT2D eigenvalue weighted by atomic mass is 16.5. The van der Waals surface area contributed by atoms with Crippen LogP contribution in [-0.4, -0.2) is 27.0 Å². The van der Waals surface area contributed by atoms with Gasteiger partial charge in [0, 0.05) is 6.20 Å². The lowest BCUT2D eigenvalue weighted by molar-refractivity contribution is 0.414. The Labute approximate surface area is 137 Å². The Hall–Kier alpha value is -3.26. The molecule has 8 heteroatoms. The summed E-state index contributed by atoms with van der Waals surface area (Å²) in [5, 5.41) is 1.31. The van der Waals surface area contributed by atoms with Crippen molar-refractivity contribution in [3.8, 4) is 17.3 Å². The van der Waals surface area contributed by atoms with Gasteiger partial charge in [0.05, 0.1) is 13.7 Å². The van der Waals surface area contributed by atoms with E-state index < -0.39 is 5.69 Å². The van der Waals surface area contributed by atoms with Crippen LogP contribution < -0.4 is 21.3 Å². The van der Waals surface area contributed by atoms with Crippen LogP contribution in [0.4, 0.5) is 5.95 Å². The summed E-state index contributed by atoms with van der Waals surface area (Å²) in [5.41, 5.74) is 0.820. The van der Waals surface area contributed by atoms with Gasteiger partial charge in [0.2, 0.25) is 5.95 Å². The Balaban J connectivity index is 1.96. The lowest BCUT2D eigenvalue weighted by atomic mass is 10.2. The van der Waals surface area contributed by atoms with E-state index in [2.05, 4.69) is 19.9 Å². The minimum absolute atomic E-state index is 0.102. The second-order valence-corrected chi connectivity index (χ2v) is 4.97. The largest absolute Gasteiger partial charge is 0.494 e. The summed E-state index contributed by atoms with van der Waals surface area (Å²) < 4.78 is 5.25. The standard InChI is InChI=1S/C16H16N6O2/c1-24-12-8-5-9-18-13(12)14-19-15(21-16(23)20-14)22(17)10-11-6-3-2-4-7-11/h2-9H,10,17H2,1H3,(H,19,20,21,23). The second-order valence-electron chi connectivity index (χ2n) is 4.97. The predicted molar refractivity (Wildman–Crippen MR) is 89.2 cm³/mol. The molecule has 24 heavy (non-hydrogen) atoms. The molecule has 3 rings (SSSR count). The van der Waals surface area contributed by atoms with Crippen molar-refractivity contribution in [1.82, 2.24) is 19.9 Å². The van der Waals surface area contributed by atoms with Crippen molar-refractivity contribution in [2.45, 2.75) is 6.54 Å². The third-order valence-electron chi connectivity index (χ3n) is 3.31. The number of methoxy groups -OCH3 is 1. The fourth-order valence-corrected chi connectivity index (χ4v) is 2.20. The quantitative estimate of drug-likeness (QED) is 0.534. The summed E-state index contributed by atoms with van der Waals surface area (Å²) in [6.07, 6.45) is 1.59. The monoisotopic (exact) mass is 324 g/mol. The lowest BCUT2D eigenvalue weighted by Crippen LogP contribution is -2.34. The van der Waals surface area contributed by atoms with Crippen LogP contribution in [0.1, 0.15) is 5.56 Å². The highest BCUT2D eigenvalue weighted by Gasteiger charge is 2.14. The van der Waals surface area contributed by atoms with Gasteiger partial charge in [-0.25, -0.2) is 15.6 Å². The lowest BCUT2D eigenvalue weighted by Gasteiger charge is -2.16. The van der Waals surface area contributed by atoms with E-state index >= 15 is 0 Å². The molecule has 3 aromatic rings. The van der Waals surface area contributed by atoms with E-state index in [0.717, 1.165) is 5.56 Å². The number of rotatable bonds is 5. The van der Waals surface area contributed by atoms with Crippen LogP contribution in [0, 0.1) is 0 Å². The molecule has 0 atom stereocenters. The van der Waals surface area contributed by atoms with E-state index in [1.807, 2.05) is 30.3 Å². The zero-order valence-corrected chi connectivity index (χ0v) is 13.0. The molecule has 0 saturated heterocycles. The topological polar surface area (TPSA) is 110 Å². The molecule has 0 saturated carbocycles. The number of hydrogen-bond donors (Lipinski definition) is 2. The summed E-state index contributed by atoms with van der Waals surface area (Å²) in [6, 6.07) is 13.0. The maximum atomic E-state index is 11.9. The predicted octanol–water partition coefficient (Wildman–Crippen LogP) is 1.12. The van der Waals surface area contributed by atoms with Gasteiger partial charge in [-0.3, -0.25) is 9.99 Å². The van der Waals surface area contributed by atoms with Crippen LogP contribution in [-0.2, 0) is 6.54 Å². The summed E-state index contributed by atoms with van der Waals surface area (Å²) in [6.45, 7) is 0.364. The summed E-state index contributed by atoms with van der Waals surface area (Å²) >= 11 is 0. The Morgan fingerprint density at radius 3 is 2.71 bits per heavy atom. The van der Waals surface area contributed by atoms with Gasteiger partial charge in [-0.05, 0) is 17.7 Å². The molecule has 122 valence electrons. The Bertz CT molecular complexity index is 881. The zero-order chi connectivity index (χ0) is 16.9. The molecule has 2 aromatic heterocycles. The molecule has 0 aliphatic carbocycles. The van der Waals surface area contributed by atoms with Gasteiger partial charge in [0.15, 0.2) is 5.82 Å². The van der Waals surface area contributed by atoms with Gasteiger partial charge < -0.3 is 4.74 Å². The maximum Gasteiger partial charge on any atom is 0.349 e. The third kappa shape index (κ3) is 3.39. The Morgan fingerprint density at radius 2 is 1.96 bits per heavy atom. The average molecular weight is 324 g/mol. The number of hydrazine groups is 1. The van der Waals surface area contributed by atoms with Crippen LogP contribution in [0.5, 0.6) is 5.75 Å². The molecule has 1 aromatic carbocycles. The third-order valence-corrected chi connectivity index (χ3v) is 3.31. The Kier molecular flexibility index (Phi) is 4.48. The van der Waals surface area contributed by atoms with E-state index in [1.54, 1.807) is 18.3 Å². The molecule has 0 spiro atoms. The number of H-pyrrole nitrogens is 1. The molecule has 8 nitrogen and oxygen atoms in total. The van der Waals surface area contributed by atoms with E-state index in [0.29, 0.717) is 18.0 Å². The van der Waals surface area contributed by atoms with Gasteiger partial charge in [0.1, 0.15) is 11.4 Å². The first kappa shape index (κ1) is 15.6. The number of ether oxygens (including phenoxy) is 1.